The van der Waals surface area contributed by atoms with Crippen LogP contribution in [0.5, 0.6) is 0 Å². The fourth-order valence-corrected chi connectivity index (χ4v) is 3.19. The van der Waals surface area contributed by atoms with Crippen molar-refractivity contribution in [3.05, 3.63) is 94.9 Å². The third kappa shape index (κ3) is 3.10. The van der Waals surface area contributed by atoms with E-state index in [1.165, 1.54) is 10.9 Å². The van der Waals surface area contributed by atoms with Crippen LogP contribution in [0.1, 0.15) is 11.3 Å². The number of rotatable bonds is 4. The van der Waals surface area contributed by atoms with Gasteiger partial charge < -0.3 is 0 Å². The number of aryl methyl sites for hydroxylation is 1. The first-order valence-electron chi connectivity index (χ1n) is 9.16. The van der Waals surface area contributed by atoms with E-state index in [0.29, 0.717) is 16.7 Å². The van der Waals surface area contributed by atoms with Crippen LogP contribution in [0.25, 0.3) is 22.4 Å². The molecule has 0 bridgehead atoms. The summed E-state index contributed by atoms with van der Waals surface area (Å²) in [6.45, 7) is 2.31. The van der Waals surface area contributed by atoms with E-state index >= 15 is 0 Å². The Balaban J connectivity index is 1.48. The Morgan fingerprint density at radius 1 is 0.966 bits per heavy atom. The predicted molar refractivity (Wildman–Crippen MR) is 108 cm³/mol. The number of fused-ring (bicyclic) bond motifs is 1. The van der Waals surface area contributed by atoms with E-state index in [1.807, 2.05) is 67.7 Å². The Morgan fingerprint density at radius 3 is 2.55 bits per heavy atom. The number of hydrogen-bond donors (Lipinski definition) is 0. The van der Waals surface area contributed by atoms with Crippen molar-refractivity contribution in [3.8, 4) is 11.4 Å². The Labute approximate surface area is 165 Å². The maximum atomic E-state index is 12.9. The summed E-state index contributed by atoms with van der Waals surface area (Å²) >= 11 is 0. The lowest BCUT2D eigenvalue weighted by Gasteiger charge is -2.05. The first kappa shape index (κ1) is 17.1. The summed E-state index contributed by atoms with van der Waals surface area (Å²) in [6.07, 6.45) is 4.89. The first-order chi connectivity index (χ1) is 14.2. The van der Waals surface area contributed by atoms with Crippen molar-refractivity contribution in [2.24, 2.45) is 0 Å². The van der Waals surface area contributed by atoms with Gasteiger partial charge in [-0.1, -0.05) is 41.1 Å². The van der Waals surface area contributed by atoms with E-state index in [9.17, 15) is 4.79 Å². The van der Waals surface area contributed by atoms with Gasteiger partial charge in [0.25, 0.3) is 5.56 Å². The Bertz CT molecular complexity index is 1350. The van der Waals surface area contributed by atoms with Crippen LogP contribution in [-0.2, 0) is 6.54 Å². The highest BCUT2D eigenvalue weighted by Gasteiger charge is 2.13. The fraction of sp³-hybridized carbons (Fsp3) is 0.0952. The molecule has 0 saturated heterocycles. The molecule has 0 aliphatic rings. The predicted octanol–water partition coefficient (Wildman–Crippen LogP) is 2.52. The number of aromatic nitrogens is 7. The van der Waals surface area contributed by atoms with Gasteiger partial charge in [0.2, 0.25) is 0 Å². The molecule has 0 aliphatic heterocycles. The molecule has 8 nitrogen and oxygen atoms in total. The van der Waals surface area contributed by atoms with Gasteiger partial charge in [-0.3, -0.25) is 9.36 Å². The molecule has 0 unspecified atom stereocenters. The summed E-state index contributed by atoms with van der Waals surface area (Å²) in [5.41, 5.74) is 3.96. The monoisotopic (exact) mass is 383 g/mol. The molecule has 5 aromatic rings. The zero-order chi connectivity index (χ0) is 19.8. The molecule has 29 heavy (non-hydrogen) atoms. The van der Waals surface area contributed by atoms with Gasteiger partial charge in [-0.2, -0.15) is 5.10 Å². The first-order valence-corrected chi connectivity index (χ1v) is 9.16. The summed E-state index contributed by atoms with van der Waals surface area (Å²) in [7, 11) is 0. The van der Waals surface area contributed by atoms with Crippen LogP contribution in [0.15, 0.2) is 78.1 Å². The second kappa shape index (κ2) is 6.83. The van der Waals surface area contributed by atoms with Gasteiger partial charge in [0.1, 0.15) is 17.4 Å². The second-order valence-electron chi connectivity index (χ2n) is 6.80. The average Bonchev–Trinajstić information content (AvgIpc) is 3.39. The van der Waals surface area contributed by atoms with Crippen LogP contribution in [0, 0.1) is 6.92 Å². The highest BCUT2D eigenvalue weighted by Crippen LogP contribution is 2.14. The van der Waals surface area contributed by atoms with E-state index in [0.717, 1.165) is 16.9 Å². The highest BCUT2D eigenvalue weighted by molar-refractivity contribution is 5.74. The molecule has 0 aliphatic carbocycles. The van der Waals surface area contributed by atoms with E-state index in [-0.39, 0.29) is 12.1 Å². The quantitative estimate of drug-likeness (QED) is 0.476. The van der Waals surface area contributed by atoms with Crippen molar-refractivity contribution >= 4 is 11.0 Å². The lowest BCUT2D eigenvalue weighted by molar-refractivity contribution is 0.720. The molecule has 0 spiro atoms. The summed E-state index contributed by atoms with van der Waals surface area (Å²) < 4.78 is 4.87. The molecule has 0 amide bonds. The third-order valence-corrected chi connectivity index (χ3v) is 4.73. The van der Waals surface area contributed by atoms with Crippen molar-refractivity contribution < 1.29 is 0 Å². The van der Waals surface area contributed by atoms with Gasteiger partial charge in [-0.25, -0.2) is 14.3 Å². The molecule has 3 heterocycles. The van der Waals surface area contributed by atoms with Crippen molar-refractivity contribution in [3.63, 3.8) is 0 Å². The smallest absolute Gasteiger partial charge is 0.264 e. The molecule has 2 aromatic carbocycles. The van der Waals surface area contributed by atoms with Crippen molar-refractivity contribution in [1.29, 1.82) is 0 Å². The van der Waals surface area contributed by atoms with Gasteiger partial charge in [0.05, 0.1) is 30.3 Å². The fourth-order valence-electron chi connectivity index (χ4n) is 3.19. The lowest BCUT2D eigenvalue weighted by atomic mass is 10.2. The maximum absolute atomic E-state index is 12.9. The van der Waals surface area contributed by atoms with Crippen LogP contribution in [-0.4, -0.2) is 34.3 Å². The minimum atomic E-state index is -0.164. The third-order valence-electron chi connectivity index (χ3n) is 4.73. The van der Waals surface area contributed by atoms with E-state index < -0.39 is 0 Å². The SMILES string of the molecule is Cc1ccc(-n2ncc3c(=O)n(Cc4cn(-c5ccccc5)nn4)cnc32)cc1. The van der Waals surface area contributed by atoms with Crippen LogP contribution in [0.3, 0.4) is 0 Å². The highest BCUT2D eigenvalue weighted by atomic mass is 16.1. The zero-order valence-corrected chi connectivity index (χ0v) is 15.7. The number of para-hydroxylation sites is 1. The zero-order valence-electron chi connectivity index (χ0n) is 15.7. The minimum absolute atomic E-state index is 0.164. The molecule has 0 saturated carbocycles. The van der Waals surface area contributed by atoms with Crippen LogP contribution in [0.2, 0.25) is 0 Å². The van der Waals surface area contributed by atoms with Gasteiger partial charge >= 0.3 is 0 Å². The van der Waals surface area contributed by atoms with E-state index in [2.05, 4.69) is 20.4 Å². The van der Waals surface area contributed by atoms with E-state index in [4.69, 9.17) is 0 Å². The van der Waals surface area contributed by atoms with E-state index in [1.54, 1.807) is 15.6 Å². The number of benzene rings is 2. The second-order valence-corrected chi connectivity index (χ2v) is 6.80. The Kier molecular flexibility index (Phi) is 4.02. The summed E-state index contributed by atoms with van der Waals surface area (Å²) in [6, 6.07) is 17.6. The normalized spacial score (nSPS) is 11.2. The molecule has 5 rings (SSSR count). The average molecular weight is 383 g/mol. The molecule has 0 atom stereocenters. The molecular weight excluding hydrogens is 366 g/mol. The Hall–Kier alpha value is -4.07. The van der Waals surface area contributed by atoms with Crippen LogP contribution < -0.4 is 5.56 Å². The summed E-state index contributed by atoms with van der Waals surface area (Å²) in [4.78, 5) is 17.4. The molecule has 0 fully saturated rings. The molecule has 0 N–H and O–H groups in total. The minimum Gasteiger partial charge on any atom is -0.292 e. The summed E-state index contributed by atoms with van der Waals surface area (Å²) in [5.74, 6) is 0. The summed E-state index contributed by atoms with van der Waals surface area (Å²) in [5, 5.41) is 13.1. The van der Waals surface area contributed by atoms with Crippen molar-refractivity contribution in [1.82, 2.24) is 34.3 Å². The van der Waals surface area contributed by atoms with Crippen molar-refractivity contribution in [2.75, 3.05) is 0 Å². The van der Waals surface area contributed by atoms with Gasteiger partial charge in [-0.15, -0.1) is 5.10 Å². The van der Waals surface area contributed by atoms with Gasteiger partial charge in [-0.05, 0) is 31.2 Å². The number of hydrogen-bond acceptors (Lipinski definition) is 5. The van der Waals surface area contributed by atoms with Gasteiger partial charge in [0, 0.05) is 0 Å². The number of nitrogens with zero attached hydrogens (tertiary/aromatic N) is 7. The molecule has 3 aromatic heterocycles. The Morgan fingerprint density at radius 2 is 1.76 bits per heavy atom. The molecular formula is C21H17N7O. The topological polar surface area (TPSA) is 83.4 Å². The van der Waals surface area contributed by atoms with Crippen LogP contribution >= 0.6 is 0 Å². The molecule has 8 heteroatoms. The largest absolute Gasteiger partial charge is 0.292 e. The molecule has 142 valence electrons. The maximum Gasteiger partial charge on any atom is 0.264 e. The van der Waals surface area contributed by atoms with Crippen LogP contribution in [0.4, 0.5) is 0 Å². The standard InChI is InChI=1S/C21H17N7O/c1-15-7-9-18(10-8-15)28-20-19(11-23-28)21(29)26(14-22-20)12-16-13-27(25-24-16)17-5-3-2-4-6-17/h2-11,13-14H,12H2,1H3. The lowest BCUT2D eigenvalue weighted by Crippen LogP contribution is -2.21. The molecule has 0 radical (unpaired) electrons. The van der Waals surface area contributed by atoms with Crippen molar-refractivity contribution in [2.45, 2.75) is 13.5 Å². The van der Waals surface area contributed by atoms with Gasteiger partial charge in [0.15, 0.2) is 5.65 Å².